The molecule has 0 aliphatic heterocycles. The molecule has 0 bridgehead atoms. The molecule has 0 saturated heterocycles. The lowest BCUT2D eigenvalue weighted by Crippen LogP contribution is -2.30. The normalized spacial score (nSPS) is 11.9. The van der Waals surface area contributed by atoms with Gasteiger partial charge in [0.2, 0.25) is 15.9 Å². The molecule has 32 heavy (non-hydrogen) atoms. The van der Waals surface area contributed by atoms with E-state index in [0.29, 0.717) is 53.1 Å². The highest BCUT2D eigenvalue weighted by atomic mass is 35.5. The second-order valence-electron chi connectivity index (χ2n) is 7.16. The highest BCUT2D eigenvalue weighted by molar-refractivity contribution is 7.89. The smallest absolute Gasteiger partial charge is 0.243 e. The van der Waals surface area contributed by atoms with Gasteiger partial charge >= 0.3 is 0 Å². The van der Waals surface area contributed by atoms with E-state index in [9.17, 15) is 13.2 Å². The number of nitrogens with zero attached hydrogens (tertiary/aromatic N) is 3. The fourth-order valence-corrected chi connectivity index (χ4v) is 5.44. The molecular weight excluding hydrogens is 471 g/mol. The molecule has 7 nitrogen and oxygen atoms in total. The van der Waals surface area contributed by atoms with Crippen molar-refractivity contribution in [2.75, 3.05) is 18.4 Å². The number of imidazole rings is 1. The Morgan fingerprint density at radius 3 is 2.50 bits per heavy atom. The summed E-state index contributed by atoms with van der Waals surface area (Å²) in [5.74, 6) is 0.501. The number of hydrogen-bond acceptors (Lipinski definition) is 4. The number of carbonyl (C=O) groups excluding carboxylic acids is 1. The Bertz CT molecular complexity index is 1240. The van der Waals surface area contributed by atoms with E-state index < -0.39 is 10.0 Å². The third kappa shape index (κ3) is 4.93. The maximum atomic E-state index is 12.9. The molecule has 172 valence electrons. The van der Waals surface area contributed by atoms with Gasteiger partial charge < -0.3 is 9.88 Å². The first-order chi connectivity index (χ1) is 15.2. The minimum atomic E-state index is -3.57. The third-order valence-electron chi connectivity index (χ3n) is 5.26. The van der Waals surface area contributed by atoms with Crippen LogP contribution in [0.5, 0.6) is 0 Å². The Kier molecular flexibility index (Phi) is 7.82. The van der Waals surface area contributed by atoms with Crippen molar-refractivity contribution in [3.63, 3.8) is 0 Å². The zero-order valence-corrected chi connectivity index (χ0v) is 20.6. The maximum Gasteiger partial charge on any atom is 0.243 e. The lowest BCUT2D eigenvalue weighted by atomic mass is 10.2. The first kappa shape index (κ1) is 24.5. The molecule has 0 aliphatic rings. The van der Waals surface area contributed by atoms with Gasteiger partial charge in [-0.3, -0.25) is 4.79 Å². The lowest BCUT2D eigenvalue weighted by Gasteiger charge is -2.18. The molecule has 0 spiro atoms. The van der Waals surface area contributed by atoms with E-state index in [-0.39, 0.29) is 17.2 Å². The highest BCUT2D eigenvalue weighted by Crippen LogP contribution is 2.29. The Hall–Kier alpha value is -2.13. The van der Waals surface area contributed by atoms with Gasteiger partial charge in [-0.05, 0) is 37.3 Å². The van der Waals surface area contributed by atoms with Crippen LogP contribution in [0, 0.1) is 0 Å². The van der Waals surface area contributed by atoms with E-state index in [1.54, 1.807) is 36.4 Å². The number of anilines is 1. The average molecular weight is 497 g/mol. The van der Waals surface area contributed by atoms with Crippen molar-refractivity contribution in [3.05, 3.63) is 52.3 Å². The monoisotopic (exact) mass is 496 g/mol. The zero-order valence-electron chi connectivity index (χ0n) is 18.2. The van der Waals surface area contributed by atoms with Crippen LogP contribution in [0.3, 0.4) is 0 Å². The van der Waals surface area contributed by atoms with Crippen LogP contribution < -0.4 is 5.32 Å². The van der Waals surface area contributed by atoms with Crippen LogP contribution in [0.4, 0.5) is 5.69 Å². The molecule has 10 heteroatoms. The summed E-state index contributed by atoms with van der Waals surface area (Å²) in [4.78, 5) is 17.3. The van der Waals surface area contributed by atoms with Gasteiger partial charge in [-0.1, -0.05) is 43.1 Å². The number of sulfonamides is 1. The van der Waals surface area contributed by atoms with Crippen LogP contribution in [0.25, 0.3) is 11.0 Å². The van der Waals surface area contributed by atoms with Crippen LogP contribution >= 0.6 is 23.2 Å². The summed E-state index contributed by atoms with van der Waals surface area (Å²) in [6.07, 6.45) is 0.585. The van der Waals surface area contributed by atoms with E-state index in [1.165, 1.54) is 4.31 Å². The summed E-state index contributed by atoms with van der Waals surface area (Å²) < 4.78 is 29.1. The lowest BCUT2D eigenvalue weighted by molar-refractivity contribution is -0.116. The minimum absolute atomic E-state index is 0.191. The molecular formula is C22H26Cl2N4O3S. The van der Waals surface area contributed by atoms with Gasteiger partial charge in [0.05, 0.1) is 31.7 Å². The molecule has 0 saturated carbocycles. The van der Waals surface area contributed by atoms with Crippen LogP contribution in [-0.2, 0) is 27.8 Å². The SMILES string of the molecule is CCN(CC)S(=O)(=O)c1ccc2c(c1)nc(CCC(=O)Nc1cccc(Cl)c1Cl)n2CC. The zero-order chi connectivity index (χ0) is 23.5. The number of halogens is 2. The fourth-order valence-electron chi connectivity index (χ4n) is 3.61. The second kappa shape index (κ2) is 10.2. The quantitative estimate of drug-likeness (QED) is 0.453. The summed E-state index contributed by atoms with van der Waals surface area (Å²) in [6, 6.07) is 10.0. The van der Waals surface area contributed by atoms with Gasteiger partial charge in [0.15, 0.2) is 0 Å². The molecule has 0 unspecified atom stereocenters. The Morgan fingerprint density at radius 1 is 1.12 bits per heavy atom. The van der Waals surface area contributed by atoms with Gasteiger partial charge in [-0.25, -0.2) is 13.4 Å². The fraction of sp³-hybridized carbons (Fsp3) is 0.364. The van der Waals surface area contributed by atoms with Crippen molar-refractivity contribution >= 4 is 55.9 Å². The van der Waals surface area contributed by atoms with Crippen LogP contribution in [0.15, 0.2) is 41.3 Å². The summed E-state index contributed by atoms with van der Waals surface area (Å²) >= 11 is 12.1. The number of hydrogen-bond donors (Lipinski definition) is 1. The van der Waals surface area contributed by atoms with Gasteiger partial charge in [0.25, 0.3) is 0 Å². The molecule has 1 amide bonds. The second-order valence-corrected chi connectivity index (χ2v) is 9.88. The summed E-state index contributed by atoms with van der Waals surface area (Å²) in [7, 11) is -3.57. The number of amides is 1. The number of fused-ring (bicyclic) bond motifs is 1. The standard InChI is InChI=1S/C22H26Cl2N4O3S/c1-4-27(5-2)32(30,31)15-10-11-19-18(14-15)25-20(28(19)6-3)12-13-21(29)26-17-9-7-8-16(23)22(17)24/h7-11,14H,4-6,12-13H2,1-3H3,(H,26,29). The van der Waals surface area contributed by atoms with Crippen molar-refractivity contribution in [2.24, 2.45) is 0 Å². The molecule has 2 aromatic carbocycles. The molecule has 0 fully saturated rings. The predicted octanol–water partition coefficient (Wildman–Crippen LogP) is 4.96. The molecule has 3 aromatic rings. The number of rotatable bonds is 9. The highest BCUT2D eigenvalue weighted by Gasteiger charge is 2.23. The van der Waals surface area contributed by atoms with E-state index in [2.05, 4.69) is 10.3 Å². The van der Waals surface area contributed by atoms with Gasteiger partial charge in [-0.15, -0.1) is 0 Å². The van der Waals surface area contributed by atoms with Crippen molar-refractivity contribution in [1.82, 2.24) is 13.9 Å². The van der Waals surface area contributed by atoms with E-state index >= 15 is 0 Å². The first-order valence-corrected chi connectivity index (χ1v) is 12.7. The number of nitrogens with one attached hydrogen (secondary N) is 1. The molecule has 0 atom stereocenters. The van der Waals surface area contributed by atoms with Gasteiger partial charge in [-0.2, -0.15) is 4.31 Å². The van der Waals surface area contributed by atoms with Crippen molar-refractivity contribution in [3.8, 4) is 0 Å². The minimum Gasteiger partial charge on any atom is -0.328 e. The number of aromatic nitrogens is 2. The van der Waals surface area contributed by atoms with Crippen LogP contribution in [-0.4, -0.2) is 41.3 Å². The first-order valence-electron chi connectivity index (χ1n) is 10.5. The Morgan fingerprint density at radius 2 is 1.84 bits per heavy atom. The average Bonchev–Trinajstić information content (AvgIpc) is 3.13. The predicted molar refractivity (Wildman–Crippen MR) is 129 cm³/mol. The molecule has 3 rings (SSSR count). The largest absolute Gasteiger partial charge is 0.328 e. The van der Waals surface area contributed by atoms with Crippen molar-refractivity contribution in [2.45, 2.75) is 45.1 Å². The number of aryl methyl sites for hydroxylation is 2. The maximum absolute atomic E-state index is 12.9. The Labute approximate surface area is 198 Å². The number of carbonyl (C=O) groups is 1. The molecule has 1 heterocycles. The summed E-state index contributed by atoms with van der Waals surface area (Å²) in [5, 5.41) is 3.43. The van der Waals surface area contributed by atoms with Gasteiger partial charge in [0, 0.05) is 32.5 Å². The topological polar surface area (TPSA) is 84.3 Å². The van der Waals surface area contributed by atoms with E-state index in [0.717, 1.165) is 5.52 Å². The van der Waals surface area contributed by atoms with Crippen molar-refractivity contribution < 1.29 is 13.2 Å². The summed E-state index contributed by atoms with van der Waals surface area (Å²) in [5.41, 5.74) is 1.88. The van der Waals surface area contributed by atoms with Crippen LogP contribution in [0.2, 0.25) is 10.0 Å². The molecule has 0 radical (unpaired) electrons. The molecule has 0 aliphatic carbocycles. The van der Waals surface area contributed by atoms with E-state index in [1.807, 2.05) is 25.3 Å². The van der Waals surface area contributed by atoms with Crippen LogP contribution in [0.1, 0.15) is 33.0 Å². The number of benzene rings is 2. The van der Waals surface area contributed by atoms with Gasteiger partial charge in [0.1, 0.15) is 5.82 Å². The Balaban J connectivity index is 1.82. The third-order valence-corrected chi connectivity index (χ3v) is 8.12. The molecule has 1 aromatic heterocycles. The summed E-state index contributed by atoms with van der Waals surface area (Å²) in [6.45, 7) is 7.05. The van der Waals surface area contributed by atoms with Crippen molar-refractivity contribution in [1.29, 1.82) is 0 Å². The molecule has 1 N–H and O–H groups in total. The van der Waals surface area contributed by atoms with E-state index in [4.69, 9.17) is 23.2 Å².